The minimum absolute atomic E-state index is 0.135. The normalized spacial score (nSPS) is 16.8. The van der Waals surface area contributed by atoms with E-state index in [1.54, 1.807) is 24.5 Å². The Hall–Kier alpha value is -2.40. The molecule has 1 aromatic heterocycles. The summed E-state index contributed by atoms with van der Waals surface area (Å²) in [7, 11) is 0. The van der Waals surface area contributed by atoms with E-state index in [9.17, 15) is 4.79 Å². The number of hydrazone groups is 1. The fourth-order valence-corrected chi connectivity index (χ4v) is 2.36. The van der Waals surface area contributed by atoms with Crippen LogP contribution in [0.5, 0.6) is 0 Å². The van der Waals surface area contributed by atoms with Crippen molar-refractivity contribution < 1.29 is 9.21 Å². The summed E-state index contributed by atoms with van der Waals surface area (Å²) < 4.78 is 6.17. The number of halogens is 1. The zero-order valence-electron chi connectivity index (χ0n) is 11.9. The summed E-state index contributed by atoms with van der Waals surface area (Å²) in [6.07, 6.45) is 6.95. The molecule has 0 saturated heterocycles. The number of furan rings is 1. The van der Waals surface area contributed by atoms with Crippen LogP contribution in [0.1, 0.15) is 12.7 Å². The van der Waals surface area contributed by atoms with E-state index in [1.165, 1.54) is 5.01 Å². The van der Waals surface area contributed by atoms with Gasteiger partial charge in [-0.2, -0.15) is 10.1 Å². The SMILES string of the molecule is CC1=NN(c2ccc(Br)cc2)C(=O)/C1=C/C=C/c1ccco1. The highest BCUT2D eigenvalue weighted by molar-refractivity contribution is 9.10. The zero-order valence-corrected chi connectivity index (χ0v) is 13.4. The van der Waals surface area contributed by atoms with Crippen LogP contribution in [0.3, 0.4) is 0 Å². The van der Waals surface area contributed by atoms with E-state index in [1.807, 2.05) is 43.3 Å². The van der Waals surface area contributed by atoms with Crippen LogP contribution in [-0.2, 0) is 4.79 Å². The second kappa shape index (κ2) is 6.15. The maximum Gasteiger partial charge on any atom is 0.280 e. The zero-order chi connectivity index (χ0) is 15.5. The van der Waals surface area contributed by atoms with Gasteiger partial charge in [0.05, 0.1) is 23.2 Å². The van der Waals surface area contributed by atoms with Crippen molar-refractivity contribution in [2.45, 2.75) is 6.92 Å². The Morgan fingerprint density at radius 3 is 2.68 bits per heavy atom. The minimum atomic E-state index is -0.135. The van der Waals surface area contributed by atoms with Crippen molar-refractivity contribution in [3.05, 3.63) is 70.6 Å². The van der Waals surface area contributed by atoms with Gasteiger partial charge in [-0.1, -0.05) is 22.0 Å². The summed E-state index contributed by atoms with van der Waals surface area (Å²) >= 11 is 3.38. The van der Waals surface area contributed by atoms with Crippen LogP contribution in [0.25, 0.3) is 6.08 Å². The van der Waals surface area contributed by atoms with Crippen LogP contribution in [-0.4, -0.2) is 11.6 Å². The average Bonchev–Trinajstić information content (AvgIpc) is 3.11. The molecule has 2 heterocycles. The third-order valence-electron chi connectivity index (χ3n) is 3.20. The summed E-state index contributed by atoms with van der Waals surface area (Å²) in [6, 6.07) is 11.1. The van der Waals surface area contributed by atoms with Crippen molar-refractivity contribution in [1.82, 2.24) is 0 Å². The molecular formula is C17H13BrN2O2. The number of carbonyl (C=O) groups excluding carboxylic acids is 1. The lowest BCUT2D eigenvalue weighted by Crippen LogP contribution is -2.21. The summed E-state index contributed by atoms with van der Waals surface area (Å²) in [5.41, 5.74) is 2.01. The van der Waals surface area contributed by atoms with Crippen molar-refractivity contribution in [3.63, 3.8) is 0 Å². The van der Waals surface area contributed by atoms with Gasteiger partial charge in [0.2, 0.25) is 0 Å². The Kier molecular flexibility index (Phi) is 4.06. The lowest BCUT2D eigenvalue weighted by molar-refractivity contribution is -0.114. The molecule has 0 saturated carbocycles. The van der Waals surface area contributed by atoms with Crippen LogP contribution in [0, 0.1) is 0 Å². The number of amides is 1. The second-order valence-electron chi connectivity index (χ2n) is 4.73. The first-order valence-electron chi connectivity index (χ1n) is 6.72. The van der Waals surface area contributed by atoms with Crippen molar-refractivity contribution in [2.75, 3.05) is 5.01 Å². The van der Waals surface area contributed by atoms with Gasteiger partial charge in [-0.25, -0.2) is 0 Å². The maximum absolute atomic E-state index is 12.5. The van der Waals surface area contributed by atoms with Crippen LogP contribution < -0.4 is 5.01 Å². The van der Waals surface area contributed by atoms with Crippen molar-refractivity contribution >= 4 is 39.3 Å². The number of carbonyl (C=O) groups is 1. The smallest absolute Gasteiger partial charge is 0.280 e. The Labute approximate surface area is 136 Å². The summed E-state index contributed by atoms with van der Waals surface area (Å²) in [5, 5.41) is 5.74. The molecule has 0 bridgehead atoms. The maximum atomic E-state index is 12.5. The van der Waals surface area contributed by atoms with Crippen LogP contribution in [0.15, 0.2) is 74.4 Å². The van der Waals surface area contributed by atoms with E-state index in [-0.39, 0.29) is 5.91 Å². The average molecular weight is 357 g/mol. The number of benzene rings is 1. The first-order valence-corrected chi connectivity index (χ1v) is 7.52. The van der Waals surface area contributed by atoms with Crippen molar-refractivity contribution in [1.29, 1.82) is 0 Å². The quantitative estimate of drug-likeness (QED) is 0.764. The van der Waals surface area contributed by atoms with E-state index in [0.717, 1.165) is 15.9 Å². The lowest BCUT2D eigenvalue weighted by atomic mass is 10.1. The first kappa shape index (κ1) is 14.5. The van der Waals surface area contributed by atoms with Gasteiger partial charge in [-0.15, -0.1) is 0 Å². The Morgan fingerprint density at radius 1 is 1.23 bits per heavy atom. The molecule has 0 N–H and O–H groups in total. The lowest BCUT2D eigenvalue weighted by Gasteiger charge is -2.11. The highest BCUT2D eigenvalue weighted by atomic mass is 79.9. The highest BCUT2D eigenvalue weighted by Gasteiger charge is 2.27. The van der Waals surface area contributed by atoms with Gasteiger partial charge in [0.1, 0.15) is 5.76 Å². The molecule has 1 amide bonds. The van der Waals surface area contributed by atoms with Gasteiger partial charge in [0.15, 0.2) is 0 Å². The topological polar surface area (TPSA) is 45.8 Å². The predicted molar refractivity (Wildman–Crippen MR) is 90.6 cm³/mol. The molecule has 0 spiro atoms. The third kappa shape index (κ3) is 2.94. The Morgan fingerprint density at radius 2 is 2.00 bits per heavy atom. The van der Waals surface area contributed by atoms with E-state index in [0.29, 0.717) is 11.3 Å². The van der Waals surface area contributed by atoms with E-state index in [2.05, 4.69) is 21.0 Å². The molecular weight excluding hydrogens is 344 g/mol. The fraction of sp³-hybridized carbons (Fsp3) is 0.0588. The Balaban J connectivity index is 1.82. The summed E-state index contributed by atoms with van der Waals surface area (Å²) in [4.78, 5) is 12.5. The molecule has 1 aliphatic heterocycles. The first-order chi connectivity index (χ1) is 10.6. The van der Waals surface area contributed by atoms with Gasteiger partial charge in [0, 0.05) is 4.47 Å². The minimum Gasteiger partial charge on any atom is -0.465 e. The molecule has 5 heteroatoms. The molecule has 1 aliphatic rings. The van der Waals surface area contributed by atoms with E-state index >= 15 is 0 Å². The van der Waals surface area contributed by atoms with Crippen LogP contribution >= 0.6 is 15.9 Å². The number of anilines is 1. The van der Waals surface area contributed by atoms with Gasteiger partial charge >= 0.3 is 0 Å². The van der Waals surface area contributed by atoms with Gasteiger partial charge in [0.25, 0.3) is 5.91 Å². The molecule has 3 rings (SSSR count). The number of hydrogen-bond donors (Lipinski definition) is 0. The van der Waals surface area contributed by atoms with Crippen molar-refractivity contribution in [2.24, 2.45) is 5.10 Å². The molecule has 0 radical (unpaired) electrons. The largest absolute Gasteiger partial charge is 0.465 e. The second-order valence-corrected chi connectivity index (χ2v) is 5.65. The molecule has 110 valence electrons. The predicted octanol–water partition coefficient (Wildman–Crippen LogP) is 4.40. The number of nitrogens with zero attached hydrogens (tertiary/aromatic N) is 2. The number of rotatable bonds is 3. The molecule has 2 aromatic rings. The van der Waals surface area contributed by atoms with Gasteiger partial charge in [-0.3, -0.25) is 4.79 Å². The summed E-state index contributed by atoms with van der Waals surface area (Å²) in [5.74, 6) is 0.602. The van der Waals surface area contributed by atoms with Gasteiger partial charge in [-0.05, 0) is 55.5 Å². The summed E-state index contributed by atoms with van der Waals surface area (Å²) in [6.45, 7) is 1.82. The van der Waals surface area contributed by atoms with Crippen LogP contribution in [0.4, 0.5) is 5.69 Å². The van der Waals surface area contributed by atoms with Crippen molar-refractivity contribution in [3.8, 4) is 0 Å². The fourth-order valence-electron chi connectivity index (χ4n) is 2.09. The third-order valence-corrected chi connectivity index (χ3v) is 3.73. The Bertz CT molecular complexity index is 772. The number of hydrogen-bond acceptors (Lipinski definition) is 3. The molecule has 0 atom stereocenters. The molecule has 22 heavy (non-hydrogen) atoms. The molecule has 0 fully saturated rings. The highest BCUT2D eigenvalue weighted by Crippen LogP contribution is 2.25. The standard InChI is InChI=1S/C17H13BrN2O2/c1-12-16(6-2-4-15-5-3-11-22-15)17(21)20(19-12)14-9-7-13(18)8-10-14/h2-11H,1H3/b4-2+,16-6+. The van der Waals surface area contributed by atoms with E-state index < -0.39 is 0 Å². The molecule has 4 nitrogen and oxygen atoms in total. The molecule has 0 unspecified atom stereocenters. The molecule has 0 aliphatic carbocycles. The molecule has 1 aromatic carbocycles. The van der Waals surface area contributed by atoms with Gasteiger partial charge < -0.3 is 4.42 Å². The van der Waals surface area contributed by atoms with E-state index in [4.69, 9.17) is 4.42 Å². The monoisotopic (exact) mass is 356 g/mol. The number of allylic oxidation sites excluding steroid dienone is 2. The van der Waals surface area contributed by atoms with Crippen LogP contribution in [0.2, 0.25) is 0 Å².